The lowest BCUT2D eigenvalue weighted by Gasteiger charge is -2.12. The van der Waals surface area contributed by atoms with Gasteiger partial charge in [0.2, 0.25) is 0 Å². The van der Waals surface area contributed by atoms with Crippen LogP contribution in [0.2, 0.25) is 0 Å². The van der Waals surface area contributed by atoms with E-state index < -0.39 is 0 Å². The maximum Gasteiger partial charge on any atom is 0.151 e. The Morgan fingerprint density at radius 3 is 3.12 bits per heavy atom. The van der Waals surface area contributed by atoms with Gasteiger partial charge in [0, 0.05) is 12.1 Å². The Kier molecular flexibility index (Phi) is 2.45. The molecule has 2 aromatic rings. The molecule has 2 atom stereocenters. The van der Waals surface area contributed by atoms with Crippen LogP contribution in [0.1, 0.15) is 24.6 Å². The van der Waals surface area contributed by atoms with Gasteiger partial charge in [-0.3, -0.25) is 0 Å². The standard InChI is InChI=1S/C11H15N5O/c12-11-10-4-3-9(16(10)14-6-13-11)8-2-1-7(5-17)15-8/h3-4,6-8,15,17H,1-2,5H2,(H2,12,13,14)/t7?,8-/m1/s1. The van der Waals surface area contributed by atoms with Crippen molar-refractivity contribution in [2.45, 2.75) is 24.9 Å². The molecular weight excluding hydrogens is 218 g/mol. The number of aliphatic hydroxyl groups is 1. The van der Waals surface area contributed by atoms with Gasteiger partial charge in [-0.1, -0.05) is 0 Å². The molecule has 90 valence electrons. The van der Waals surface area contributed by atoms with Crippen LogP contribution in [-0.4, -0.2) is 32.4 Å². The maximum atomic E-state index is 9.12. The van der Waals surface area contributed by atoms with Crippen LogP contribution in [0.3, 0.4) is 0 Å². The fourth-order valence-electron chi connectivity index (χ4n) is 2.43. The summed E-state index contributed by atoms with van der Waals surface area (Å²) in [6.07, 6.45) is 3.44. The van der Waals surface area contributed by atoms with Gasteiger partial charge in [-0.25, -0.2) is 9.50 Å². The van der Waals surface area contributed by atoms with Crippen LogP contribution in [0.25, 0.3) is 5.52 Å². The number of nitrogens with two attached hydrogens (primary N) is 1. The summed E-state index contributed by atoms with van der Waals surface area (Å²) >= 11 is 0. The van der Waals surface area contributed by atoms with Crippen molar-refractivity contribution < 1.29 is 5.11 Å². The largest absolute Gasteiger partial charge is 0.395 e. The van der Waals surface area contributed by atoms with Crippen molar-refractivity contribution in [3.63, 3.8) is 0 Å². The van der Waals surface area contributed by atoms with E-state index in [1.165, 1.54) is 6.33 Å². The highest BCUT2D eigenvalue weighted by atomic mass is 16.3. The van der Waals surface area contributed by atoms with Gasteiger partial charge in [0.15, 0.2) is 5.82 Å². The van der Waals surface area contributed by atoms with E-state index in [0.29, 0.717) is 5.82 Å². The fraction of sp³-hybridized carbons (Fsp3) is 0.455. The van der Waals surface area contributed by atoms with Crippen LogP contribution in [0, 0.1) is 0 Å². The molecule has 0 aromatic carbocycles. The number of anilines is 1. The SMILES string of the molecule is Nc1ncnn2c([C@H]3CCC(CO)N3)ccc12. The third-order valence-electron chi connectivity index (χ3n) is 3.33. The van der Waals surface area contributed by atoms with E-state index in [0.717, 1.165) is 24.1 Å². The lowest BCUT2D eigenvalue weighted by atomic mass is 10.1. The summed E-state index contributed by atoms with van der Waals surface area (Å²) in [6.45, 7) is 0.178. The molecule has 17 heavy (non-hydrogen) atoms. The van der Waals surface area contributed by atoms with Gasteiger partial charge in [0.25, 0.3) is 0 Å². The van der Waals surface area contributed by atoms with Gasteiger partial charge in [0.1, 0.15) is 11.8 Å². The molecule has 1 fully saturated rings. The molecule has 3 rings (SSSR count). The minimum absolute atomic E-state index is 0.178. The average molecular weight is 233 g/mol. The summed E-state index contributed by atoms with van der Waals surface area (Å²) in [4.78, 5) is 3.96. The lowest BCUT2D eigenvalue weighted by Crippen LogP contribution is -2.28. The highest BCUT2D eigenvalue weighted by Gasteiger charge is 2.26. The number of fused-ring (bicyclic) bond motifs is 1. The van der Waals surface area contributed by atoms with Crippen LogP contribution in [0.4, 0.5) is 5.82 Å². The first-order chi connectivity index (χ1) is 8.29. The first-order valence-electron chi connectivity index (χ1n) is 5.74. The summed E-state index contributed by atoms with van der Waals surface area (Å²) < 4.78 is 1.82. The Morgan fingerprint density at radius 2 is 2.35 bits per heavy atom. The van der Waals surface area contributed by atoms with Crippen molar-refractivity contribution in [3.8, 4) is 0 Å². The summed E-state index contributed by atoms with van der Waals surface area (Å²) in [5.74, 6) is 0.489. The number of nitrogen functional groups attached to an aromatic ring is 1. The maximum absolute atomic E-state index is 9.12. The number of nitrogens with one attached hydrogen (secondary N) is 1. The van der Waals surface area contributed by atoms with E-state index in [-0.39, 0.29) is 18.7 Å². The molecule has 1 unspecified atom stereocenters. The van der Waals surface area contributed by atoms with Gasteiger partial charge in [0.05, 0.1) is 12.3 Å². The van der Waals surface area contributed by atoms with Crippen LogP contribution < -0.4 is 11.1 Å². The second-order valence-corrected chi connectivity index (χ2v) is 4.38. The molecule has 1 aliphatic rings. The molecule has 1 aliphatic heterocycles. The minimum Gasteiger partial charge on any atom is -0.395 e. The van der Waals surface area contributed by atoms with E-state index in [1.807, 2.05) is 16.6 Å². The monoisotopic (exact) mass is 233 g/mol. The molecule has 0 saturated carbocycles. The molecule has 0 spiro atoms. The Balaban J connectivity index is 1.99. The zero-order valence-corrected chi connectivity index (χ0v) is 9.37. The molecule has 4 N–H and O–H groups in total. The van der Waals surface area contributed by atoms with Crippen LogP contribution in [0.5, 0.6) is 0 Å². The highest BCUT2D eigenvalue weighted by Crippen LogP contribution is 2.28. The van der Waals surface area contributed by atoms with Crippen molar-refractivity contribution in [1.29, 1.82) is 0 Å². The van der Waals surface area contributed by atoms with E-state index in [9.17, 15) is 0 Å². The van der Waals surface area contributed by atoms with Crippen molar-refractivity contribution >= 4 is 11.3 Å². The minimum atomic E-state index is 0.178. The Bertz CT molecular complexity index is 538. The second kappa shape index (κ2) is 3.97. The number of aliphatic hydroxyl groups excluding tert-OH is 1. The Labute approximate surface area is 98.5 Å². The summed E-state index contributed by atoms with van der Waals surface area (Å²) in [7, 11) is 0. The first kappa shape index (κ1) is 10.5. The van der Waals surface area contributed by atoms with Crippen LogP contribution in [0.15, 0.2) is 18.5 Å². The molecule has 2 aromatic heterocycles. The fourth-order valence-corrected chi connectivity index (χ4v) is 2.43. The Hall–Kier alpha value is -1.66. The van der Waals surface area contributed by atoms with Crippen LogP contribution >= 0.6 is 0 Å². The van der Waals surface area contributed by atoms with Gasteiger partial charge in [-0.05, 0) is 25.0 Å². The van der Waals surface area contributed by atoms with Gasteiger partial charge < -0.3 is 16.2 Å². The topological polar surface area (TPSA) is 88.5 Å². The molecule has 6 heteroatoms. The molecule has 1 saturated heterocycles. The number of aromatic nitrogens is 3. The van der Waals surface area contributed by atoms with Crippen molar-refractivity contribution in [1.82, 2.24) is 19.9 Å². The summed E-state index contributed by atoms with van der Waals surface area (Å²) in [6, 6.07) is 4.35. The summed E-state index contributed by atoms with van der Waals surface area (Å²) in [5.41, 5.74) is 7.69. The second-order valence-electron chi connectivity index (χ2n) is 4.38. The normalized spacial score (nSPS) is 24.5. The van der Waals surface area contributed by atoms with E-state index in [4.69, 9.17) is 10.8 Å². The van der Waals surface area contributed by atoms with E-state index >= 15 is 0 Å². The molecule has 0 radical (unpaired) electrons. The third kappa shape index (κ3) is 1.65. The third-order valence-corrected chi connectivity index (χ3v) is 3.33. The number of hydrogen-bond donors (Lipinski definition) is 3. The van der Waals surface area contributed by atoms with Crippen molar-refractivity contribution in [2.24, 2.45) is 0 Å². The molecule has 0 bridgehead atoms. The van der Waals surface area contributed by atoms with Crippen molar-refractivity contribution in [3.05, 3.63) is 24.2 Å². The van der Waals surface area contributed by atoms with Gasteiger partial charge in [-0.15, -0.1) is 0 Å². The van der Waals surface area contributed by atoms with Crippen LogP contribution in [-0.2, 0) is 0 Å². The highest BCUT2D eigenvalue weighted by molar-refractivity contribution is 5.65. The number of nitrogens with zero attached hydrogens (tertiary/aromatic N) is 3. The molecule has 6 nitrogen and oxygen atoms in total. The van der Waals surface area contributed by atoms with Gasteiger partial charge >= 0.3 is 0 Å². The zero-order chi connectivity index (χ0) is 11.8. The zero-order valence-electron chi connectivity index (χ0n) is 9.37. The number of hydrogen-bond acceptors (Lipinski definition) is 5. The molecule has 0 amide bonds. The summed E-state index contributed by atoms with van der Waals surface area (Å²) in [5, 5.41) is 16.7. The van der Waals surface area contributed by atoms with Crippen molar-refractivity contribution in [2.75, 3.05) is 12.3 Å². The lowest BCUT2D eigenvalue weighted by molar-refractivity contribution is 0.251. The first-order valence-corrected chi connectivity index (χ1v) is 5.74. The molecule has 3 heterocycles. The van der Waals surface area contributed by atoms with E-state index in [1.54, 1.807) is 0 Å². The van der Waals surface area contributed by atoms with E-state index in [2.05, 4.69) is 15.4 Å². The predicted molar refractivity (Wildman–Crippen MR) is 63.4 cm³/mol. The van der Waals surface area contributed by atoms with Gasteiger partial charge in [-0.2, -0.15) is 5.10 Å². The number of rotatable bonds is 2. The predicted octanol–water partition coefficient (Wildman–Crippen LogP) is 0.0969. The molecule has 0 aliphatic carbocycles. The quantitative estimate of drug-likeness (QED) is 0.684. The average Bonchev–Trinajstić information content (AvgIpc) is 2.94. The smallest absolute Gasteiger partial charge is 0.151 e. The Morgan fingerprint density at radius 1 is 1.47 bits per heavy atom. The molecular formula is C11H15N5O.